The van der Waals surface area contributed by atoms with Crippen LogP contribution in [0, 0.1) is 0 Å². The minimum Gasteiger partial charge on any atom is -0.493 e. The third-order valence-electron chi connectivity index (χ3n) is 2.87. The zero-order valence-corrected chi connectivity index (χ0v) is 13.6. The monoisotopic (exact) mass is 382 g/mol. The van der Waals surface area contributed by atoms with Crippen molar-refractivity contribution < 1.29 is 5.11 Å². The smallest absolute Gasteiger partial charge is 0.262 e. The summed E-state index contributed by atoms with van der Waals surface area (Å²) in [5.74, 6) is 0.0217. The second kappa shape index (κ2) is 5.63. The number of hydrogen-bond donors (Lipinski definition) is 2. The van der Waals surface area contributed by atoms with E-state index in [-0.39, 0.29) is 11.4 Å². The molecule has 0 aliphatic heterocycles. The maximum atomic E-state index is 12.3. The highest BCUT2D eigenvalue weighted by atomic mass is 79.9. The van der Waals surface area contributed by atoms with Gasteiger partial charge in [-0.1, -0.05) is 23.7 Å². The van der Waals surface area contributed by atoms with Gasteiger partial charge in [-0.25, -0.2) is 0 Å². The van der Waals surface area contributed by atoms with Crippen LogP contribution in [0.5, 0.6) is 5.88 Å². The number of rotatable bonds is 2. The highest BCUT2D eigenvalue weighted by Gasteiger charge is 2.15. The van der Waals surface area contributed by atoms with Gasteiger partial charge in [0.2, 0.25) is 5.88 Å². The molecule has 21 heavy (non-hydrogen) atoms. The zero-order chi connectivity index (χ0) is 15.0. The Morgan fingerprint density at radius 1 is 1.24 bits per heavy atom. The minimum atomic E-state index is -0.403. The quantitative estimate of drug-likeness (QED) is 0.694. The van der Waals surface area contributed by atoms with Gasteiger partial charge >= 0.3 is 0 Å². The molecule has 0 radical (unpaired) electrons. The maximum absolute atomic E-state index is 12.3. The standard InChI is InChI=1S/C14H8BrClN2O2S/c15-9-5-6-21-11(9)12-17-13(19)10(14(20)18-12)7-1-3-8(16)4-2-7/h1-6H,(H2,17,18,19,20). The van der Waals surface area contributed by atoms with Gasteiger partial charge in [0.1, 0.15) is 5.56 Å². The summed E-state index contributed by atoms with van der Waals surface area (Å²) in [7, 11) is 0. The third kappa shape index (κ3) is 2.74. The van der Waals surface area contributed by atoms with E-state index < -0.39 is 5.56 Å². The summed E-state index contributed by atoms with van der Waals surface area (Å²) < 4.78 is 0.814. The summed E-state index contributed by atoms with van der Waals surface area (Å²) in [6.07, 6.45) is 0. The minimum absolute atomic E-state index is 0.128. The van der Waals surface area contributed by atoms with Crippen molar-refractivity contribution >= 4 is 38.9 Å². The van der Waals surface area contributed by atoms with Crippen LogP contribution >= 0.6 is 38.9 Å². The number of aromatic hydroxyl groups is 1. The van der Waals surface area contributed by atoms with Crippen molar-refractivity contribution in [2.75, 3.05) is 0 Å². The molecule has 0 fully saturated rings. The number of thiophene rings is 1. The fourth-order valence-electron chi connectivity index (χ4n) is 1.91. The van der Waals surface area contributed by atoms with E-state index in [0.717, 1.165) is 9.35 Å². The Morgan fingerprint density at radius 3 is 2.52 bits per heavy atom. The van der Waals surface area contributed by atoms with Gasteiger partial charge < -0.3 is 10.1 Å². The highest BCUT2D eigenvalue weighted by molar-refractivity contribution is 9.10. The molecule has 2 aromatic heterocycles. The van der Waals surface area contributed by atoms with Gasteiger partial charge in [0.15, 0.2) is 5.82 Å². The van der Waals surface area contributed by atoms with E-state index in [2.05, 4.69) is 25.9 Å². The van der Waals surface area contributed by atoms with E-state index in [4.69, 9.17) is 11.6 Å². The van der Waals surface area contributed by atoms with Crippen LogP contribution in [0.25, 0.3) is 21.8 Å². The Hall–Kier alpha value is -1.63. The lowest BCUT2D eigenvalue weighted by Crippen LogP contribution is -2.11. The van der Waals surface area contributed by atoms with Crippen LogP contribution in [0.1, 0.15) is 0 Å². The molecule has 0 unspecified atom stereocenters. The van der Waals surface area contributed by atoms with E-state index in [1.165, 1.54) is 11.3 Å². The van der Waals surface area contributed by atoms with Gasteiger partial charge in [-0.05, 0) is 45.1 Å². The van der Waals surface area contributed by atoms with Crippen LogP contribution in [0.3, 0.4) is 0 Å². The molecule has 2 heterocycles. The van der Waals surface area contributed by atoms with Crippen LogP contribution in [0.4, 0.5) is 0 Å². The molecule has 0 saturated heterocycles. The predicted molar refractivity (Wildman–Crippen MR) is 88.0 cm³/mol. The normalized spacial score (nSPS) is 10.8. The van der Waals surface area contributed by atoms with Crippen LogP contribution < -0.4 is 5.56 Å². The van der Waals surface area contributed by atoms with E-state index in [9.17, 15) is 9.90 Å². The van der Waals surface area contributed by atoms with E-state index in [1.807, 2.05) is 11.4 Å². The first kappa shape index (κ1) is 14.3. The molecule has 0 amide bonds. The largest absolute Gasteiger partial charge is 0.493 e. The predicted octanol–water partition coefficient (Wildman–Crippen LogP) is 4.29. The summed E-state index contributed by atoms with van der Waals surface area (Å²) in [5.41, 5.74) is 0.283. The number of aromatic nitrogens is 2. The van der Waals surface area contributed by atoms with Crippen molar-refractivity contribution in [3.63, 3.8) is 0 Å². The Balaban J connectivity index is 2.15. The molecule has 7 heteroatoms. The number of benzene rings is 1. The van der Waals surface area contributed by atoms with Gasteiger partial charge in [-0.3, -0.25) is 4.79 Å². The Labute approximate surface area is 137 Å². The van der Waals surface area contributed by atoms with Gasteiger partial charge in [-0.2, -0.15) is 4.98 Å². The van der Waals surface area contributed by atoms with Crippen molar-refractivity contribution in [1.29, 1.82) is 0 Å². The molecule has 4 nitrogen and oxygen atoms in total. The molecule has 0 spiro atoms. The van der Waals surface area contributed by atoms with E-state index in [0.29, 0.717) is 16.4 Å². The first-order valence-corrected chi connectivity index (χ1v) is 7.94. The van der Waals surface area contributed by atoms with Gasteiger partial charge in [-0.15, -0.1) is 11.3 Å². The summed E-state index contributed by atoms with van der Waals surface area (Å²) in [4.78, 5) is 19.8. The molecule has 106 valence electrons. The molecule has 0 saturated carbocycles. The fourth-order valence-corrected chi connectivity index (χ4v) is 3.54. The van der Waals surface area contributed by atoms with Crippen LogP contribution in [-0.2, 0) is 0 Å². The van der Waals surface area contributed by atoms with Crippen molar-refractivity contribution in [3.05, 3.63) is 55.6 Å². The Morgan fingerprint density at radius 2 is 1.95 bits per heavy atom. The molecule has 1 aromatic carbocycles. The maximum Gasteiger partial charge on any atom is 0.262 e. The molecule has 0 atom stereocenters. The van der Waals surface area contributed by atoms with Crippen LogP contribution in [-0.4, -0.2) is 15.1 Å². The van der Waals surface area contributed by atoms with E-state index >= 15 is 0 Å². The number of nitrogens with zero attached hydrogens (tertiary/aromatic N) is 1. The Kier molecular flexibility index (Phi) is 3.84. The summed E-state index contributed by atoms with van der Waals surface area (Å²) in [6, 6.07) is 8.48. The van der Waals surface area contributed by atoms with Crippen molar-refractivity contribution in [1.82, 2.24) is 9.97 Å². The molecular weight excluding hydrogens is 376 g/mol. The molecule has 3 rings (SSSR count). The molecule has 2 N–H and O–H groups in total. The molecule has 0 aliphatic carbocycles. The second-order valence-corrected chi connectivity index (χ2v) is 6.42. The molecule has 0 bridgehead atoms. The van der Waals surface area contributed by atoms with Crippen molar-refractivity contribution in [2.45, 2.75) is 0 Å². The second-order valence-electron chi connectivity index (χ2n) is 4.22. The van der Waals surface area contributed by atoms with Gasteiger partial charge in [0, 0.05) is 9.50 Å². The first-order valence-electron chi connectivity index (χ1n) is 5.89. The van der Waals surface area contributed by atoms with E-state index in [1.54, 1.807) is 24.3 Å². The summed E-state index contributed by atoms with van der Waals surface area (Å²) >= 11 is 10.6. The lowest BCUT2D eigenvalue weighted by molar-refractivity contribution is 0.454. The number of halogens is 2. The van der Waals surface area contributed by atoms with Crippen LogP contribution in [0.15, 0.2) is 45.0 Å². The molecule has 3 aromatic rings. The van der Waals surface area contributed by atoms with Gasteiger partial charge in [0.05, 0.1) is 4.88 Å². The topological polar surface area (TPSA) is 66.0 Å². The first-order chi connectivity index (χ1) is 10.1. The van der Waals surface area contributed by atoms with Gasteiger partial charge in [0.25, 0.3) is 5.56 Å². The Bertz CT molecular complexity index is 858. The number of hydrogen-bond acceptors (Lipinski definition) is 4. The summed E-state index contributed by atoms with van der Waals surface area (Å²) in [5, 5.41) is 12.5. The van der Waals surface area contributed by atoms with Crippen molar-refractivity contribution in [2.24, 2.45) is 0 Å². The summed E-state index contributed by atoms with van der Waals surface area (Å²) in [6.45, 7) is 0. The molecular formula is C14H8BrClN2O2S. The number of aromatic amines is 1. The lowest BCUT2D eigenvalue weighted by atomic mass is 10.1. The lowest BCUT2D eigenvalue weighted by Gasteiger charge is -2.05. The number of H-pyrrole nitrogens is 1. The number of nitrogens with one attached hydrogen (secondary N) is 1. The fraction of sp³-hybridized carbons (Fsp3) is 0. The SMILES string of the molecule is O=c1[nH]c(-c2sccc2Br)nc(O)c1-c1ccc(Cl)cc1. The van der Waals surface area contributed by atoms with Crippen LogP contribution in [0.2, 0.25) is 5.02 Å². The molecule has 0 aliphatic rings. The average Bonchev–Trinajstić information content (AvgIpc) is 2.86. The third-order valence-corrected chi connectivity index (χ3v) is 4.96. The average molecular weight is 384 g/mol. The zero-order valence-electron chi connectivity index (χ0n) is 10.4. The highest BCUT2D eigenvalue weighted by Crippen LogP contribution is 2.33. The van der Waals surface area contributed by atoms with Crippen molar-refractivity contribution in [3.8, 4) is 27.7 Å².